The van der Waals surface area contributed by atoms with Crippen LogP contribution in [-0.2, 0) is 4.79 Å². The molecule has 5 nitrogen and oxygen atoms in total. The Morgan fingerprint density at radius 1 is 0.968 bits per heavy atom. The first-order valence-corrected chi connectivity index (χ1v) is 11.2. The second-order valence-electron chi connectivity index (χ2n) is 7.58. The highest BCUT2D eigenvalue weighted by molar-refractivity contribution is 8.18. The van der Waals surface area contributed by atoms with E-state index in [4.69, 9.17) is 5.10 Å². The standard InChI is InChI=1S/C24H21FN4OS/c25-19-11-9-17(10-12-19)22-18(16-29(27-22)20-7-3-1-4-8-20)15-21-23(30)26-24(31-21)28-13-5-2-6-14-28/h1,3-4,7-12,15-16H,2,5-6,13-14H2. The zero-order chi connectivity index (χ0) is 21.2. The molecule has 156 valence electrons. The van der Waals surface area contributed by atoms with Gasteiger partial charge in [0, 0.05) is 30.4 Å². The average Bonchev–Trinajstić information content (AvgIpc) is 3.40. The summed E-state index contributed by atoms with van der Waals surface area (Å²) < 4.78 is 15.2. The fourth-order valence-electron chi connectivity index (χ4n) is 3.80. The van der Waals surface area contributed by atoms with E-state index < -0.39 is 0 Å². The van der Waals surface area contributed by atoms with E-state index in [0.717, 1.165) is 47.9 Å². The summed E-state index contributed by atoms with van der Waals surface area (Å²) in [6.07, 6.45) is 7.23. The monoisotopic (exact) mass is 432 g/mol. The first kappa shape index (κ1) is 19.8. The van der Waals surface area contributed by atoms with Gasteiger partial charge in [-0.3, -0.25) is 4.79 Å². The molecule has 7 heteroatoms. The molecule has 0 spiro atoms. The minimum atomic E-state index is -0.299. The third-order valence-electron chi connectivity index (χ3n) is 5.40. The number of hydrogen-bond donors (Lipinski definition) is 0. The van der Waals surface area contributed by atoms with Crippen molar-refractivity contribution < 1.29 is 9.18 Å². The van der Waals surface area contributed by atoms with E-state index in [1.165, 1.54) is 30.3 Å². The number of amides is 1. The maximum Gasteiger partial charge on any atom is 0.286 e. The molecule has 2 aliphatic rings. The van der Waals surface area contributed by atoms with Crippen LogP contribution in [0.25, 0.3) is 23.0 Å². The SMILES string of the molecule is O=C1N=C(N2CCCCC2)SC1=Cc1cn(-c2ccccc2)nc1-c1ccc(F)cc1. The van der Waals surface area contributed by atoms with Crippen LogP contribution in [0, 0.1) is 5.82 Å². The number of nitrogens with zero attached hydrogens (tertiary/aromatic N) is 4. The number of aliphatic imine (C=N–C) groups is 1. The van der Waals surface area contributed by atoms with Gasteiger partial charge in [0.1, 0.15) is 5.82 Å². The van der Waals surface area contributed by atoms with Gasteiger partial charge in [-0.05, 0) is 73.5 Å². The molecule has 2 aromatic carbocycles. The maximum absolute atomic E-state index is 13.5. The minimum Gasteiger partial charge on any atom is -0.351 e. The lowest BCUT2D eigenvalue weighted by Crippen LogP contribution is -2.33. The highest BCUT2D eigenvalue weighted by Crippen LogP contribution is 2.34. The van der Waals surface area contributed by atoms with E-state index >= 15 is 0 Å². The molecule has 0 unspecified atom stereocenters. The number of carbonyl (C=O) groups excluding carboxylic acids is 1. The predicted octanol–water partition coefficient (Wildman–Crippen LogP) is 5.13. The Labute approximate surface area is 184 Å². The van der Waals surface area contributed by atoms with Gasteiger partial charge in [-0.1, -0.05) is 18.2 Å². The van der Waals surface area contributed by atoms with E-state index in [1.54, 1.807) is 16.8 Å². The molecule has 1 saturated heterocycles. The summed E-state index contributed by atoms with van der Waals surface area (Å²) in [5.41, 5.74) is 3.18. The number of likely N-dealkylation sites (tertiary alicyclic amines) is 1. The quantitative estimate of drug-likeness (QED) is 0.538. The second-order valence-corrected chi connectivity index (χ2v) is 8.59. The third kappa shape index (κ3) is 4.18. The zero-order valence-electron chi connectivity index (χ0n) is 16.9. The predicted molar refractivity (Wildman–Crippen MR) is 122 cm³/mol. The van der Waals surface area contributed by atoms with E-state index in [1.807, 2.05) is 42.6 Å². The Hall–Kier alpha value is -3.19. The Kier molecular flexibility index (Phi) is 5.42. The van der Waals surface area contributed by atoms with Crippen LogP contribution in [0.1, 0.15) is 24.8 Å². The first-order chi connectivity index (χ1) is 15.2. The van der Waals surface area contributed by atoms with Gasteiger partial charge in [-0.25, -0.2) is 9.07 Å². The van der Waals surface area contributed by atoms with E-state index in [9.17, 15) is 9.18 Å². The van der Waals surface area contributed by atoms with Crippen molar-refractivity contribution in [3.05, 3.63) is 77.1 Å². The number of aromatic nitrogens is 2. The van der Waals surface area contributed by atoms with Gasteiger partial charge in [0.05, 0.1) is 16.3 Å². The molecule has 5 rings (SSSR count). The third-order valence-corrected chi connectivity index (χ3v) is 6.45. The van der Waals surface area contributed by atoms with Crippen LogP contribution >= 0.6 is 11.8 Å². The molecule has 1 amide bonds. The van der Waals surface area contributed by atoms with Gasteiger partial charge in [-0.15, -0.1) is 0 Å². The molecular weight excluding hydrogens is 411 g/mol. The maximum atomic E-state index is 13.5. The van der Waals surface area contributed by atoms with E-state index in [2.05, 4.69) is 9.89 Å². The summed E-state index contributed by atoms with van der Waals surface area (Å²) in [6, 6.07) is 16.0. The average molecular weight is 433 g/mol. The molecule has 1 fully saturated rings. The van der Waals surface area contributed by atoms with Crippen LogP contribution in [0.2, 0.25) is 0 Å². The first-order valence-electron chi connectivity index (χ1n) is 10.4. The van der Waals surface area contributed by atoms with E-state index in [0.29, 0.717) is 10.6 Å². The summed E-state index contributed by atoms with van der Waals surface area (Å²) in [4.78, 5) is 19.7. The number of carbonyl (C=O) groups is 1. The number of amidine groups is 1. The summed E-state index contributed by atoms with van der Waals surface area (Å²) in [5.74, 6) is -0.518. The summed E-state index contributed by atoms with van der Waals surface area (Å²) in [7, 11) is 0. The van der Waals surface area contributed by atoms with Crippen LogP contribution in [0.15, 0.2) is 70.7 Å². The lowest BCUT2D eigenvalue weighted by atomic mass is 10.1. The lowest BCUT2D eigenvalue weighted by molar-refractivity contribution is -0.113. The van der Waals surface area contributed by atoms with Crippen molar-refractivity contribution in [1.29, 1.82) is 0 Å². The minimum absolute atomic E-state index is 0.219. The fourth-order valence-corrected chi connectivity index (χ4v) is 4.75. The van der Waals surface area contributed by atoms with Crippen molar-refractivity contribution in [2.45, 2.75) is 19.3 Å². The summed E-state index contributed by atoms with van der Waals surface area (Å²) in [6.45, 7) is 1.89. The summed E-state index contributed by atoms with van der Waals surface area (Å²) >= 11 is 1.42. The van der Waals surface area contributed by atoms with Crippen LogP contribution in [0.5, 0.6) is 0 Å². The highest BCUT2D eigenvalue weighted by Gasteiger charge is 2.27. The lowest BCUT2D eigenvalue weighted by Gasteiger charge is -2.27. The number of hydrogen-bond acceptors (Lipinski definition) is 4. The second kappa shape index (κ2) is 8.51. The molecule has 1 aromatic heterocycles. The number of para-hydroxylation sites is 1. The molecular formula is C24H21FN4OS. The Balaban J connectivity index is 1.51. The Morgan fingerprint density at radius 3 is 2.45 bits per heavy atom. The van der Waals surface area contributed by atoms with Crippen LogP contribution in [-0.4, -0.2) is 38.8 Å². The van der Waals surface area contributed by atoms with Crippen molar-refractivity contribution in [2.24, 2.45) is 4.99 Å². The van der Waals surface area contributed by atoms with E-state index in [-0.39, 0.29) is 11.7 Å². The van der Waals surface area contributed by atoms with Gasteiger partial charge >= 0.3 is 0 Å². The molecule has 0 saturated carbocycles. The van der Waals surface area contributed by atoms with Crippen molar-refractivity contribution in [3.63, 3.8) is 0 Å². The smallest absolute Gasteiger partial charge is 0.286 e. The van der Waals surface area contributed by atoms with Gasteiger partial charge in [0.2, 0.25) is 0 Å². The van der Waals surface area contributed by atoms with Crippen molar-refractivity contribution in [2.75, 3.05) is 13.1 Å². The van der Waals surface area contributed by atoms with Gasteiger partial charge in [0.25, 0.3) is 5.91 Å². The largest absolute Gasteiger partial charge is 0.351 e. The molecule has 3 heterocycles. The van der Waals surface area contributed by atoms with Crippen molar-refractivity contribution >= 4 is 28.9 Å². The Bertz CT molecular complexity index is 1160. The van der Waals surface area contributed by atoms with Gasteiger partial charge < -0.3 is 4.90 Å². The zero-order valence-corrected chi connectivity index (χ0v) is 17.7. The number of halogens is 1. The molecule has 0 N–H and O–H groups in total. The number of piperidine rings is 1. The van der Waals surface area contributed by atoms with Crippen molar-refractivity contribution in [1.82, 2.24) is 14.7 Å². The molecule has 0 atom stereocenters. The molecule has 0 bridgehead atoms. The molecule has 0 aliphatic carbocycles. The van der Waals surface area contributed by atoms with Crippen LogP contribution in [0.4, 0.5) is 4.39 Å². The molecule has 2 aliphatic heterocycles. The van der Waals surface area contributed by atoms with Gasteiger partial charge in [-0.2, -0.15) is 10.1 Å². The van der Waals surface area contributed by atoms with Gasteiger partial charge in [0.15, 0.2) is 5.17 Å². The fraction of sp³-hybridized carbons (Fsp3) is 0.208. The highest BCUT2D eigenvalue weighted by atomic mass is 32.2. The normalized spacial score (nSPS) is 18.0. The number of benzene rings is 2. The van der Waals surface area contributed by atoms with Crippen LogP contribution < -0.4 is 0 Å². The number of thioether (sulfide) groups is 1. The topological polar surface area (TPSA) is 50.5 Å². The number of rotatable bonds is 3. The molecule has 0 radical (unpaired) electrons. The molecule has 31 heavy (non-hydrogen) atoms. The summed E-state index contributed by atoms with van der Waals surface area (Å²) in [5, 5.41) is 5.52. The Morgan fingerprint density at radius 2 is 1.71 bits per heavy atom. The van der Waals surface area contributed by atoms with Crippen molar-refractivity contribution in [3.8, 4) is 16.9 Å². The molecule has 3 aromatic rings. The van der Waals surface area contributed by atoms with Crippen LogP contribution in [0.3, 0.4) is 0 Å².